The van der Waals surface area contributed by atoms with E-state index in [1.165, 1.54) is 43.4 Å². The predicted molar refractivity (Wildman–Crippen MR) is 123 cm³/mol. The van der Waals surface area contributed by atoms with Crippen LogP contribution in [0.15, 0.2) is 22.7 Å². The second-order valence-corrected chi connectivity index (χ2v) is 11.2. The first-order valence-corrected chi connectivity index (χ1v) is 13.5. The van der Waals surface area contributed by atoms with Gasteiger partial charge in [-0.1, -0.05) is 37.1 Å². The number of hydrogen-bond donors (Lipinski definition) is 0. The minimum absolute atomic E-state index is 0.252. The molecule has 0 aromatic carbocycles. The zero-order valence-electron chi connectivity index (χ0n) is 17.8. The number of fused-ring (bicyclic) bond motifs is 2. The van der Waals surface area contributed by atoms with Crippen molar-refractivity contribution in [3.05, 3.63) is 17.5 Å². The topological polar surface area (TPSA) is 51.0 Å². The van der Waals surface area contributed by atoms with E-state index in [2.05, 4.69) is 44.1 Å². The molecule has 0 radical (unpaired) electrons. The normalized spacial score (nSPS) is 27.4. The molecule has 1 amide bonds. The number of likely N-dealkylation sites (tertiary alicyclic amines) is 1. The average molecular weight is 445 g/mol. The number of thioether (sulfide) groups is 1. The summed E-state index contributed by atoms with van der Waals surface area (Å²) in [7, 11) is 0. The van der Waals surface area contributed by atoms with Crippen LogP contribution >= 0.6 is 23.1 Å². The zero-order valence-corrected chi connectivity index (χ0v) is 19.5. The summed E-state index contributed by atoms with van der Waals surface area (Å²) in [5.41, 5.74) is 0. The quantitative estimate of drug-likeness (QED) is 0.552. The lowest BCUT2D eigenvalue weighted by atomic mass is 9.84. The van der Waals surface area contributed by atoms with Crippen molar-refractivity contribution in [2.24, 2.45) is 17.8 Å². The summed E-state index contributed by atoms with van der Waals surface area (Å²) < 4.78 is 2.36. The van der Waals surface area contributed by atoms with E-state index in [4.69, 9.17) is 0 Å². The molecule has 0 N–H and O–H groups in total. The molecule has 3 heterocycles. The van der Waals surface area contributed by atoms with Gasteiger partial charge in [0.05, 0.1) is 10.6 Å². The fraction of sp³-hybridized carbons (Fsp3) is 0.696. The molecule has 2 aromatic rings. The number of hydrogen-bond acceptors (Lipinski definition) is 5. The van der Waals surface area contributed by atoms with Gasteiger partial charge in [-0.2, -0.15) is 0 Å². The van der Waals surface area contributed by atoms with Crippen LogP contribution in [0.4, 0.5) is 0 Å². The molecular weight excluding hydrogens is 412 g/mol. The summed E-state index contributed by atoms with van der Waals surface area (Å²) in [4.78, 5) is 16.1. The maximum Gasteiger partial charge on any atom is 0.233 e. The van der Waals surface area contributed by atoms with E-state index in [-0.39, 0.29) is 5.91 Å². The van der Waals surface area contributed by atoms with Crippen LogP contribution in [0.25, 0.3) is 10.7 Å². The summed E-state index contributed by atoms with van der Waals surface area (Å²) in [6.07, 6.45) is 10.3. The van der Waals surface area contributed by atoms with E-state index >= 15 is 0 Å². The van der Waals surface area contributed by atoms with Crippen molar-refractivity contribution in [1.82, 2.24) is 19.7 Å². The van der Waals surface area contributed by atoms with E-state index in [9.17, 15) is 4.79 Å². The van der Waals surface area contributed by atoms with Gasteiger partial charge >= 0.3 is 0 Å². The van der Waals surface area contributed by atoms with E-state index < -0.39 is 0 Å². The van der Waals surface area contributed by atoms with Gasteiger partial charge in [-0.05, 0) is 68.2 Å². The summed E-state index contributed by atoms with van der Waals surface area (Å²) in [5.74, 6) is 4.17. The standard InChI is InChI=1S/C23H32N4OS2/c1-16(19-14-17-8-9-18(19)13-17)27-22(20-7-6-12-29-20)24-25-23(27)30-15-21(28)26-10-4-2-3-5-11-26/h6-7,12,16-19H,2-5,8-11,13-15H2,1H3. The fourth-order valence-corrected chi connectivity index (χ4v) is 7.56. The Hall–Kier alpha value is -1.34. The van der Waals surface area contributed by atoms with Gasteiger partial charge < -0.3 is 4.90 Å². The number of thiophene rings is 1. The van der Waals surface area contributed by atoms with E-state index in [0.717, 1.165) is 48.7 Å². The van der Waals surface area contributed by atoms with Gasteiger partial charge in [-0.25, -0.2) is 0 Å². The zero-order chi connectivity index (χ0) is 20.5. The van der Waals surface area contributed by atoms with Crippen molar-refractivity contribution >= 4 is 29.0 Å². The lowest BCUT2D eigenvalue weighted by molar-refractivity contribution is -0.128. The first-order valence-electron chi connectivity index (χ1n) is 11.6. The van der Waals surface area contributed by atoms with E-state index in [1.54, 1.807) is 23.1 Å². The summed E-state index contributed by atoms with van der Waals surface area (Å²) in [6.45, 7) is 4.18. The van der Waals surface area contributed by atoms with Crippen LogP contribution in [0, 0.1) is 17.8 Å². The van der Waals surface area contributed by atoms with Gasteiger partial charge in [0, 0.05) is 19.1 Å². The maximum atomic E-state index is 12.9. The molecule has 3 aliphatic rings. The smallest absolute Gasteiger partial charge is 0.233 e. The molecule has 30 heavy (non-hydrogen) atoms. The Morgan fingerprint density at radius 3 is 2.70 bits per heavy atom. The number of rotatable bonds is 6. The van der Waals surface area contributed by atoms with Gasteiger partial charge in [0.25, 0.3) is 0 Å². The van der Waals surface area contributed by atoms with Crippen molar-refractivity contribution < 1.29 is 4.79 Å². The minimum Gasteiger partial charge on any atom is -0.342 e. The first-order chi connectivity index (χ1) is 14.7. The van der Waals surface area contributed by atoms with Crippen LogP contribution in [-0.2, 0) is 4.79 Å². The van der Waals surface area contributed by atoms with Crippen molar-refractivity contribution in [3.63, 3.8) is 0 Å². The highest BCUT2D eigenvalue weighted by Crippen LogP contribution is 2.53. The number of amides is 1. The Balaban J connectivity index is 1.36. The van der Waals surface area contributed by atoms with Crippen molar-refractivity contribution in [2.45, 2.75) is 69.5 Å². The Morgan fingerprint density at radius 1 is 1.20 bits per heavy atom. The highest BCUT2D eigenvalue weighted by Gasteiger charge is 2.43. The number of aromatic nitrogens is 3. The summed E-state index contributed by atoms with van der Waals surface area (Å²) >= 11 is 3.30. The third-order valence-corrected chi connectivity index (χ3v) is 9.30. The van der Waals surface area contributed by atoms with Gasteiger partial charge in [0.2, 0.25) is 5.91 Å². The molecule has 4 atom stereocenters. The molecule has 2 aromatic heterocycles. The van der Waals surface area contributed by atoms with E-state index in [1.807, 2.05) is 0 Å². The number of carbonyl (C=O) groups excluding carboxylic acids is 1. The molecule has 1 aliphatic heterocycles. The number of carbonyl (C=O) groups is 1. The summed E-state index contributed by atoms with van der Waals surface area (Å²) in [5, 5.41) is 12.2. The molecule has 7 heteroatoms. The predicted octanol–water partition coefficient (Wildman–Crippen LogP) is 5.50. The molecule has 2 saturated carbocycles. The minimum atomic E-state index is 0.252. The van der Waals surface area contributed by atoms with Crippen LogP contribution < -0.4 is 0 Å². The highest BCUT2D eigenvalue weighted by molar-refractivity contribution is 7.99. The second-order valence-electron chi connectivity index (χ2n) is 9.32. The van der Waals surface area contributed by atoms with Gasteiger partial charge in [0.1, 0.15) is 0 Å². The number of nitrogens with zero attached hydrogens (tertiary/aromatic N) is 4. The van der Waals surface area contributed by atoms with Crippen LogP contribution in [0.2, 0.25) is 0 Å². The molecule has 5 nitrogen and oxygen atoms in total. The molecule has 1 saturated heterocycles. The van der Waals surface area contributed by atoms with Crippen LogP contribution in [0.5, 0.6) is 0 Å². The average Bonchev–Trinajstić information content (AvgIpc) is 3.54. The maximum absolute atomic E-state index is 12.9. The largest absolute Gasteiger partial charge is 0.342 e. The van der Waals surface area contributed by atoms with Crippen LogP contribution in [0.1, 0.15) is 64.3 Å². The molecule has 3 fully saturated rings. The Kier molecular flexibility index (Phi) is 6.19. The molecule has 2 aliphatic carbocycles. The molecule has 2 bridgehead atoms. The Bertz CT molecular complexity index is 857. The third-order valence-electron chi connectivity index (χ3n) is 7.51. The first kappa shape index (κ1) is 20.6. The third kappa shape index (κ3) is 4.07. The van der Waals surface area contributed by atoms with Crippen molar-refractivity contribution in [2.75, 3.05) is 18.8 Å². The monoisotopic (exact) mass is 444 g/mol. The van der Waals surface area contributed by atoms with Crippen molar-refractivity contribution in [1.29, 1.82) is 0 Å². The Labute approximate surface area is 187 Å². The molecule has 4 unspecified atom stereocenters. The second kappa shape index (κ2) is 9.03. The molecular formula is C23H32N4OS2. The molecule has 5 rings (SSSR count). The van der Waals surface area contributed by atoms with Crippen molar-refractivity contribution in [3.8, 4) is 10.7 Å². The Morgan fingerprint density at radius 2 is 2.03 bits per heavy atom. The fourth-order valence-electron chi connectivity index (χ4n) is 5.93. The highest BCUT2D eigenvalue weighted by atomic mass is 32.2. The van der Waals surface area contributed by atoms with Crippen LogP contribution in [0.3, 0.4) is 0 Å². The van der Waals surface area contributed by atoms with E-state index in [0.29, 0.717) is 17.7 Å². The van der Waals surface area contributed by atoms with Gasteiger partial charge in [-0.3, -0.25) is 9.36 Å². The molecule has 162 valence electrons. The van der Waals surface area contributed by atoms with Gasteiger partial charge in [-0.15, -0.1) is 21.5 Å². The SMILES string of the molecule is CC(C1CC2CCC1C2)n1c(SCC(=O)N2CCCCCC2)nnc1-c1cccs1. The summed E-state index contributed by atoms with van der Waals surface area (Å²) in [6, 6.07) is 4.59. The van der Waals surface area contributed by atoms with Crippen LogP contribution in [-0.4, -0.2) is 44.4 Å². The molecule has 0 spiro atoms. The lowest BCUT2D eigenvalue weighted by Crippen LogP contribution is -2.33. The van der Waals surface area contributed by atoms with Gasteiger partial charge in [0.15, 0.2) is 11.0 Å². The lowest BCUT2D eigenvalue weighted by Gasteiger charge is -2.30.